The summed E-state index contributed by atoms with van der Waals surface area (Å²) >= 11 is 0. The first-order chi connectivity index (χ1) is 9.69. The summed E-state index contributed by atoms with van der Waals surface area (Å²) in [6, 6.07) is 9.60. The normalized spacial score (nSPS) is 11.7. The highest BCUT2D eigenvalue weighted by Crippen LogP contribution is 2.16. The predicted octanol–water partition coefficient (Wildman–Crippen LogP) is 2.57. The Hall–Kier alpha value is -2.43. The lowest BCUT2D eigenvalue weighted by Crippen LogP contribution is -2.15. The highest BCUT2D eigenvalue weighted by atomic mass is 16.5. The van der Waals surface area contributed by atoms with Crippen LogP contribution < -0.4 is 5.32 Å². The number of nitrogens with zero attached hydrogens (tertiary/aromatic N) is 2. The molecule has 0 amide bonds. The fraction of sp³-hybridized carbons (Fsp3) is 0.267. The molecule has 5 nitrogen and oxygen atoms in total. The lowest BCUT2D eigenvalue weighted by molar-refractivity contribution is -0.144. The smallest absolute Gasteiger partial charge is 0.308 e. The van der Waals surface area contributed by atoms with Crippen molar-refractivity contribution in [3.05, 3.63) is 48.3 Å². The summed E-state index contributed by atoms with van der Waals surface area (Å²) in [6.45, 7) is 1.86. The molecule has 5 heteroatoms. The van der Waals surface area contributed by atoms with Crippen LogP contribution in [-0.4, -0.2) is 23.0 Å². The van der Waals surface area contributed by atoms with E-state index >= 15 is 0 Å². The highest BCUT2D eigenvalue weighted by molar-refractivity contribution is 5.72. The zero-order chi connectivity index (χ0) is 14.4. The Morgan fingerprint density at radius 1 is 1.25 bits per heavy atom. The zero-order valence-corrected chi connectivity index (χ0v) is 11.5. The SMILES string of the molecule is COC(=O)C(C)Cc1ccc(Nc2ncccn2)cc1. The molecule has 20 heavy (non-hydrogen) atoms. The van der Waals surface area contributed by atoms with Crippen LogP contribution in [0.3, 0.4) is 0 Å². The van der Waals surface area contributed by atoms with E-state index < -0.39 is 0 Å². The molecule has 1 N–H and O–H groups in total. The standard InChI is InChI=1S/C15H17N3O2/c1-11(14(19)20-2)10-12-4-6-13(7-5-12)18-15-16-8-3-9-17-15/h3-9,11H,10H2,1-2H3,(H,16,17,18). The van der Waals surface area contributed by atoms with Gasteiger partial charge in [-0.1, -0.05) is 19.1 Å². The summed E-state index contributed by atoms with van der Waals surface area (Å²) in [5.74, 6) is 0.226. The van der Waals surface area contributed by atoms with Crippen molar-refractivity contribution in [1.82, 2.24) is 9.97 Å². The van der Waals surface area contributed by atoms with Gasteiger partial charge in [-0.25, -0.2) is 9.97 Å². The van der Waals surface area contributed by atoms with Crippen molar-refractivity contribution in [2.75, 3.05) is 12.4 Å². The lowest BCUT2D eigenvalue weighted by atomic mass is 10.0. The number of benzene rings is 1. The van der Waals surface area contributed by atoms with E-state index in [1.165, 1.54) is 7.11 Å². The maximum absolute atomic E-state index is 11.4. The van der Waals surface area contributed by atoms with Gasteiger partial charge in [-0.15, -0.1) is 0 Å². The van der Waals surface area contributed by atoms with Crippen LogP contribution in [0.15, 0.2) is 42.7 Å². The highest BCUT2D eigenvalue weighted by Gasteiger charge is 2.13. The number of rotatable bonds is 5. The maximum atomic E-state index is 11.4. The molecular weight excluding hydrogens is 254 g/mol. The summed E-state index contributed by atoms with van der Waals surface area (Å²) in [5.41, 5.74) is 1.99. The minimum Gasteiger partial charge on any atom is -0.469 e. The molecule has 104 valence electrons. The Morgan fingerprint density at radius 2 is 1.90 bits per heavy atom. The largest absolute Gasteiger partial charge is 0.469 e. The van der Waals surface area contributed by atoms with E-state index in [0.29, 0.717) is 12.4 Å². The fourth-order valence-corrected chi connectivity index (χ4v) is 1.85. The van der Waals surface area contributed by atoms with E-state index in [4.69, 9.17) is 4.74 Å². The van der Waals surface area contributed by atoms with Crippen molar-refractivity contribution in [2.45, 2.75) is 13.3 Å². The number of methoxy groups -OCH3 is 1. The van der Waals surface area contributed by atoms with Gasteiger partial charge in [0.1, 0.15) is 0 Å². The van der Waals surface area contributed by atoms with E-state index in [1.54, 1.807) is 18.5 Å². The molecule has 1 unspecified atom stereocenters. The number of carbonyl (C=O) groups is 1. The van der Waals surface area contributed by atoms with Crippen LogP contribution in [0, 0.1) is 5.92 Å². The molecule has 0 aliphatic rings. The second kappa shape index (κ2) is 6.65. The number of esters is 1. The maximum Gasteiger partial charge on any atom is 0.308 e. The molecule has 1 aromatic carbocycles. The van der Waals surface area contributed by atoms with Crippen molar-refractivity contribution in [3.8, 4) is 0 Å². The summed E-state index contributed by atoms with van der Waals surface area (Å²) in [6.07, 6.45) is 4.03. The number of ether oxygens (including phenoxy) is 1. The van der Waals surface area contributed by atoms with Gasteiger partial charge in [-0.3, -0.25) is 4.79 Å². The second-order valence-corrected chi connectivity index (χ2v) is 4.52. The van der Waals surface area contributed by atoms with Crippen LogP contribution in [0.1, 0.15) is 12.5 Å². The Bertz CT molecular complexity index is 555. The molecule has 2 aromatic rings. The molecule has 1 atom stereocenters. The number of carbonyl (C=O) groups excluding carboxylic acids is 1. The molecule has 0 aliphatic heterocycles. The molecule has 1 heterocycles. The molecule has 2 rings (SSSR count). The van der Waals surface area contributed by atoms with Crippen LogP contribution in [0.4, 0.5) is 11.6 Å². The molecule has 1 aromatic heterocycles. The molecular formula is C15H17N3O2. The topological polar surface area (TPSA) is 64.1 Å². The van der Waals surface area contributed by atoms with Gasteiger partial charge >= 0.3 is 5.97 Å². The number of nitrogens with one attached hydrogen (secondary N) is 1. The van der Waals surface area contributed by atoms with Gasteiger partial charge in [0.05, 0.1) is 13.0 Å². The monoisotopic (exact) mass is 271 g/mol. The second-order valence-electron chi connectivity index (χ2n) is 4.52. The zero-order valence-electron chi connectivity index (χ0n) is 11.5. The Morgan fingerprint density at radius 3 is 2.50 bits per heavy atom. The van der Waals surface area contributed by atoms with Crippen LogP contribution in [0.2, 0.25) is 0 Å². The van der Waals surface area contributed by atoms with Crippen molar-refractivity contribution in [3.63, 3.8) is 0 Å². The van der Waals surface area contributed by atoms with Gasteiger partial charge in [0.15, 0.2) is 0 Å². The first kappa shape index (κ1) is 14.0. The third kappa shape index (κ3) is 3.78. The first-order valence-corrected chi connectivity index (χ1v) is 6.40. The lowest BCUT2D eigenvalue weighted by Gasteiger charge is -2.10. The third-order valence-corrected chi connectivity index (χ3v) is 2.92. The molecule has 0 bridgehead atoms. The van der Waals surface area contributed by atoms with Gasteiger partial charge in [-0.05, 0) is 30.2 Å². The fourth-order valence-electron chi connectivity index (χ4n) is 1.85. The summed E-state index contributed by atoms with van der Waals surface area (Å²) in [5, 5.41) is 3.10. The van der Waals surface area contributed by atoms with E-state index in [9.17, 15) is 4.79 Å². The van der Waals surface area contributed by atoms with Gasteiger partial charge in [0.2, 0.25) is 5.95 Å². The number of aromatic nitrogens is 2. The van der Waals surface area contributed by atoms with Gasteiger partial charge < -0.3 is 10.1 Å². The number of hydrogen-bond donors (Lipinski definition) is 1. The average Bonchev–Trinajstić information content (AvgIpc) is 2.49. The number of hydrogen-bond acceptors (Lipinski definition) is 5. The molecule has 0 fully saturated rings. The van der Waals surface area contributed by atoms with Crippen molar-refractivity contribution in [2.24, 2.45) is 5.92 Å². The van der Waals surface area contributed by atoms with Gasteiger partial charge in [0, 0.05) is 18.1 Å². The molecule has 0 saturated carbocycles. The molecule has 0 spiro atoms. The van der Waals surface area contributed by atoms with Crippen molar-refractivity contribution >= 4 is 17.6 Å². The molecule has 0 aliphatic carbocycles. The van der Waals surface area contributed by atoms with Crippen LogP contribution in [0.5, 0.6) is 0 Å². The minimum atomic E-state index is -0.190. The van der Waals surface area contributed by atoms with E-state index in [1.807, 2.05) is 31.2 Å². The van der Waals surface area contributed by atoms with Gasteiger partial charge in [-0.2, -0.15) is 0 Å². The van der Waals surface area contributed by atoms with Crippen molar-refractivity contribution < 1.29 is 9.53 Å². The summed E-state index contributed by atoms with van der Waals surface area (Å²) < 4.78 is 4.72. The molecule has 0 saturated heterocycles. The van der Waals surface area contributed by atoms with Gasteiger partial charge in [0.25, 0.3) is 0 Å². The van der Waals surface area contributed by atoms with E-state index in [-0.39, 0.29) is 11.9 Å². The third-order valence-electron chi connectivity index (χ3n) is 2.92. The predicted molar refractivity (Wildman–Crippen MR) is 76.6 cm³/mol. The van der Waals surface area contributed by atoms with Crippen LogP contribution in [0.25, 0.3) is 0 Å². The average molecular weight is 271 g/mol. The first-order valence-electron chi connectivity index (χ1n) is 6.40. The van der Waals surface area contributed by atoms with Crippen molar-refractivity contribution in [1.29, 1.82) is 0 Å². The van der Waals surface area contributed by atoms with E-state index in [2.05, 4.69) is 15.3 Å². The van der Waals surface area contributed by atoms with Crippen LogP contribution in [-0.2, 0) is 16.0 Å². The quantitative estimate of drug-likeness (QED) is 0.847. The Balaban J connectivity index is 1.98. The van der Waals surface area contributed by atoms with E-state index in [0.717, 1.165) is 11.3 Å². The molecule has 0 radical (unpaired) electrons. The Labute approximate surface area is 118 Å². The Kier molecular flexibility index (Phi) is 4.65. The number of anilines is 2. The summed E-state index contributed by atoms with van der Waals surface area (Å²) in [4.78, 5) is 19.6. The minimum absolute atomic E-state index is 0.142. The summed E-state index contributed by atoms with van der Waals surface area (Å²) in [7, 11) is 1.41. The van der Waals surface area contributed by atoms with Crippen LogP contribution >= 0.6 is 0 Å².